The maximum Gasteiger partial charge on any atom is 0.228 e. The Morgan fingerprint density at radius 1 is 1.40 bits per heavy atom. The Morgan fingerprint density at radius 3 is 2.93 bits per heavy atom. The lowest BCUT2D eigenvalue weighted by Gasteiger charge is -2.06. The first-order valence-corrected chi connectivity index (χ1v) is 4.92. The molecule has 0 fully saturated rings. The van der Waals surface area contributed by atoms with Gasteiger partial charge in [-0.25, -0.2) is 4.98 Å². The third-order valence-corrected chi connectivity index (χ3v) is 2.18. The number of hydrogen-bond acceptors (Lipinski definition) is 2. The number of fused-ring (bicyclic) bond motifs is 1. The number of nitrogens with zero attached hydrogens (tertiary/aromatic N) is 1. The number of H-pyrrole nitrogens is 1. The van der Waals surface area contributed by atoms with Crippen LogP contribution >= 0.6 is 0 Å². The zero-order chi connectivity index (χ0) is 10.8. The first kappa shape index (κ1) is 9.71. The maximum absolute atomic E-state index is 11.4. The topological polar surface area (TPSA) is 57.8 Å². The van der Waals surface area contributed by atoms with E-state index in [9.17, 15) is 4.79 Å². The van der Waals surface area contributed by atoms with Crippen molar-refractivity contribution >= 4 is 22.8 Å². The third kappa shape index (κ3) is 1.98. The minimum absolute atomic E-state index is 0.0163. The van der Waals surface area contributed by atoms with Gasteiger partial charge in [0.2, 0.25) is 5.91 Å². The number of carbonyl (C=O) groups is 1. The van der Waals surface area contributed by atoms with Crippen molar-refractivity contribution in [3.63, 3.8) is 0 Å². The molecule has 2 aromatic rings. The molecule has 0 saturated heterocycles. The fourth-order valence-electron chi connectivity index (χ4n) is 1.27. The van der Waals surface area contributed by atoms with Crippen LogP contribution in [0.3, 0.4) is 0 Å². The first-order chi connectivity index (χ1) is 7.16. The summed E-state index contributed by atoms with van der Waals surface area (Å²) < 4.78 is 0. The summed E-state index contributed by atoms with van der Waals surface area (Å²) >= 11 is 0. The van der Waals surface area contributed by atoms with Crippen molar-refractivity contribution in [1.29, 1.82) is 0 Å². The molecular weight excluding hydrogens is 190 g/mol. The van der Waals surface area contributed by atoms with Crippen molar-refractivity contribution in [2.45, 2.75) is 13.8 Å². The SMILES string of the molecule is CC(C)C(=O)Nc1ccc2[nH]ccc2n1. The van der Waals surface area contributed by atoms with Crippen molar-refractivity contribution < 1.29 is 4.79 Å². The quantitative estimate of drug-likeness (QED) is 0.785. The average Bonchev–Trinajstić information content (AvgIpc) is 2.64. The minimum atomic E-state index is -0.0336. The second kappa shape index (κ2) is 3.73. The van der Waals surface area contributed by atoms with Crippen LogP contribution in [0.15, 0.2) is 24.4 Å². The van der Waals surface area contributed by atoms with Crippen molar-refractivity contribution in [2.75, 3.05) is 5.32 Å². The fraction of sp³-hybridized carbons (Fsp3) is 0.273. The number of hydrogen-bond donors (Lipinski definition) is 2. The molecule has 0 aliphatic carbocycles. The molecule has 0 radical (unpaired) electrons. The lowest BCUT2D eigenvalue weighted by Crippen LogP contribution is -2.18. The van der Waals surface area contributed by atoms with Gasteiger partial charge in [-0.1, -0.05) is 13.8 Å². The van der Waals surface area contributed by atoms with Gasteiger partial charge < -0.3 is 10.3 Å². The number of nitrogens with one attached hydrogen (secondary N) is 2. The largest absolute Gasteiger partial charge is 0.360 e. The maximum atomic E-state index is 11.4. The third-order valence-electron chi connectivity index (χ3n) is 2.18. The van der Waals surface area contributed by atoms with E-state index in [0.717, 1.165) is 11.0 Å². The predicted molar refractivity (Wildman–Crippen MR) is 59.6 cm³/mol. The Bertz CT molecular complexity index is 487. The highest BCUT2D eigenvalue weighted by molar-refractivity contribution is 5.92. The Kier molecular flexibility index (Phi) is 2.41. The summed E-state index contributed by atoms with van der Waals surface area (Å²) in [7, 11) is 0. The van der Waals surface area contributed by atoms with Crippen LogP contribution in [-0.4, -0.2) is 15.9 Å². The van der Waals surface area contributed by atoms with Crippen LogP contribution in [0.25, 0.3) is 11.0 Å². The van der Waals surface area contributed by atoms with Crippen LogP contribution in [0.5, 0.6) is 0 Å². The molecule has 0 atom stereocenters. The molecule has 1 amide bonds. The molecule has 2 heterocycles. The molecule has 2 rings (SSSR count). The van der Waals surface area contributed by atoms with Gasteiger partial charge in [0.05, 0.1) is 11.0 Å². The fourth-order valence-corrected chi connectivity index (χ4v) is 1.27. The molecule has 2 N–H and O–H groups in total. The van der Waals surface area contributed by atoms with Gasteiger partial charge in [0.1, 0.15) is 5.82 Å². The molecule has 4 heteroatoms. The number of rotatable bonds is 2. The zero-order valence-corrected chi connectivity index (χ0v) is 8.74. The summed E-state index contributed by atoms with van der Waals surface area (Å²) in [5, 5.41) is 2.76. The first-order valence-electron chi connectivity index (χ1n) is 4.92. The lowest BCUT2D eigenvalue weighted by atomic mass is 10.2. The number of anilines is 1. The van der Waals surface area contributed by atoms with Crippen LogP contribution in [0.4, 0.5) is 5.82 Å². The summed E-state index contributed by atoms with van der Waals surface area (Å²) in [4.78, 5) is 18.8. The van der Waals surface area contributed by atoms with E-state index in [0.29, 0.717) is 5.82 Å². The van der Waals surface area contributed by atoms with Gasteiger partial charge >= 0.3 is 0 Å². The van der Waals surface area contributed by atoms with Gasteiger partial charge in [-0.2, -0.15) is 0 Å². The Morgan fingerprint density at radius 2 is 2.20 bits per heavy atom. The average molecular weight is 203 g/mol. The summed E-state index contributed by atoms with van der Waals surface area (Å²) in [5.74, 6) is 0.548. The summed E-state index contributed by atoms with van der Waals surface area (Å²) in [6.07, 6.45) is 1.83. The van der Waals surface area contributed by atoms with Gasteiger partial charge in [0.25, 0.3) is 0 Å². The molecule has 0 spiro atoms. The molecular formula is C11H13N3O. The summed E-state index contributed by atoms with van der Waals surface area (Å²) in [6.45, 7) is 3.70. The minimum Gasteiger partial charge on any atom is -0.360 e. The highest BCUT2D eigenvalue weighted by atomic mass is 16.1. The number of amides is 1. The second-order valence-corrected chi connectivity index (χ2v) is 3.75. The monoisotopic (exact) mass is 203 g/mol. The van der Waals surface area contributed by atoms with Gasteiger partial charge in [-0.05, 0) is 18.2 Å². The summed E-state index contributed by atoms with van der Waals surface area (Å²) in [5.41, 5.74) is 1.83. The lowest BCUT2D eigenvalue weighted by molar-refractivity contribution is -0.118. The normalized spacial score (nSPS) is 10.9. The van der Waals surface area contributed by atoms with E-state index < -0.39 is 0 Å². The van der Waals surface area contributed by atoms with Crippen LogP contribution in [0.2, 0.25) is 0 Å². The molecule has 15 heavy (non-hydrogen) atoms. The van der Waals surface area contributed by atoms with Crippen molar-refractivity contribution in [3.8, 4) is 0 Å². The van der Waals surface area contributed by atoms with Gasteiger partial charge in [-0.15, -0.1) is 0 Å². The summed E-state index contributed by atoms with van der Waals surface area (Å²) in [6, 6.07) is 5.57. The van der Waals surface area contributed by atoms with Crippen molar-refractivity contribution in [2.24, 2.45) is 5.92 Å². The van der Waals surface area contributed by atoms with Gasteiger partial charge in [0.15, 0.2) is 0 Å². The highest BCUT2D eigenvalue weighted by Gasteiger charge is 2.07. The number of aromatic nitrogens is 2. The van der Waals surface area contributed by atoms with Crippen molar-refractivity contribution in [3.05, 3.63) is 24.4 Å². The molecule has 0 bridgehead atoms. The van der Waals surface area contributed by atoms with E-state index in [1.165, 1.54) is 0 Å². The smallest absolute Gasteiger partial charge is 0.228 e. The second-order valence-electron chi connectivity index (χ2n) is 3.75. The zero-order valence-electron chi connectivity index (χ0n) is 8.74. The molecule has 0 saturated carbocycles. The Hall–Kier alpha value is -1.84. The standard InChI is InChI=1S/C11H13N3O/c1-7(2)11(15)14-10-4-3-8-9(13-10)5-6-12-8/h3-7,12H,1-2H3,(H,13,14,15). The van der Waals surface area contributed by atoms with Crippen LogP contribution in [-0.2, 0) is 4.79 Å². The van der Waals surface area contributed by atoms with E-state index in [1.54, 1.807) is 6.07 Å². The van der Waals surface area contributed by atoms with E-state index in [1.807, 2.05) is 32.2 Å². The molecule has 0 unspecified atom stereocenters. The van der Waals surface area contributed by atoms with Crippen LogP contribution in [0, 0.1) is 5.92 Å². The molecule has 0 aliphatic rings. The van der Waals surface area contributed by atoms with Crippen LogP contribution in [0.1, 0.15) is 13.8 Å². The van der Waals surface area contributed by atoms with E-state index >= 15 is 0 Å². The molecule has 78 valence electrons. The van der Waals surface area contributed by atoms with Crippen LogP contribution < -0.4 is 5.32 Å². The van der Waals surface area contributed by atoms with Crippen molar-refractivity contribution in [1.82, 2.24) is 9.97 Å². The van der Waals surface area contributed by atoms with E-state index in [-0.39, 0.29) is 11.8 Å². The van der Waals surface area contributed by atoms with Gasteiger partial charge in [0, 0.05) is 12.1 Å². The van der Waals surface area contributed by atoms with E-state index in [2.05, 4.69) is 15.3 Å². The molecule has 4 nitrogen and oxygen atoms in total. The van der Waals surface area contributed by atoms with E-state index in [4.69, 9.17) is 0 Å². The van der Waals surface area contributed by atoms with Gasteiger partial charge in [-0.3, -0.25) is 4.79 Å². The number of pyridine rings is 1. The molecule has 0 aromatic carbocycles. The molecule has 2 aromatic heterocycles. The Labute approximate surface area is 87.7 Å². The molecule has 0 aliphatic heterocycles. The predicted octanol–water partition coefficient (Wildman–Crippen LogP) is 2.16. The number of aromatic amines is 1. The highest BCUT2D eigenvalue weighted by Crippen LogP contribution is 2.13. The Balaban J connectivity index is 2.25. The number of carbonyl (C=O) groups excluding carboxylic acids is 1.